The molecule has 1 aromatic heterocycles. The molecule has 2 N–H and O–H groups in total. The predicted molar refractivity (Wildman–Crippen MR) is 109 cm³/mol. The number of hydrogen-bond donors (Lipinski definition) is 2. The summed E-state index contributed by atoms with van der Waals surface area (Å²) in [4.78, 5) is 21.4. The molecule has 1 aliphatic carbocycles. The minimum absolute atomic E-state index is 0.0586. The molecule has 0 saturated heterocycles. The average Bonchev–Trinajstić information content (AvgIpc) is 3.03. The molecular weight excluding hydrogens is 360 g/mol. The van der Waals surface area contributed by atoms with Crippen LogP contribution < -0.4 is 10.6 Å². The number of rotatable bonds is 6. The molecule has 0 amide bonds. The standard InChI is InChI=1S/C20H26N4O2S/c1-5-26-19(25)17-12(2)23-18(27-17)13(3)24-20(21-4)22-11-15-10-14-8-6-7-9-16(14)15/h6-9,13,15H,5,10-11H2,1-4H3,(H2,21,22,24). The highest BCUT2D eigenvalue weighted by Gasteiger charge is 2.25. The first kappa shape index (κ1) is 19.4. The lowest BCUT2D eigenvalue weighted by Gasteiger charge is -2.31. The largest absolute Gasteiger partial charge is 0.462 e. The SMILES string of the molecule is CCOC(=O)c1sc(C(C)NC(=NC)NCC2Cc3ccccc32)nc1C. The summed E-state index contributed by atoms with van der Waals surface area (Å²) < 4.78 is 5.09. The number of thiazole rings is 1. The van der Waals surface area contributed by atoms with E-state index in [1.807, 2.05) is 13.8 Å². The van der Waals surface area contributed by atoms with Crippen LogP contribution in [0.5, 0.6) is 0 Å². The van der Waals surface area contributed by atoms with Crippen molar-refractivity contribution in [2.45, 2.75) is 39.2 Å². The highest BCUT2D eigenvalue weighted by atomic mass is 32.1. The summed E-state index contributed by atoms with van der Waals surface area (Å²) in [7, 11) is 1.76. The highest BCUT2D eigenvalue weighted by molar-refractivity contribution is 7.13. The Labute approximate surface area is 164 Å². The Morgan fingerprint density at radius 1 is 1.44 bits per heavy atom. The maximum atomic E-state index is 12.0. The van der Waals surface area contributed by atoms with Crippen LogP contribution in [-0.4, -0.2) is 37.1 Å². The van der Waals surface area contributed by atoms with Gasteiger partial charge in [-0.3, -0.25) is 4.99 Å². The second kappa shape index (κ2) is 8.52. The van der Waals surface area contributed by atoms with Gasteiger partial charge in [-0.05, 0) is 38.3 Å². The minimum atomic E-state index is -0.308. The van der Waals surface area contributed by atoms with Gasteiger partial charge in [0.05, 0.1) is 18.3 Å². The number of aromatic nitrogens is 1. The Hall–Kier alpha value is -2.41. The number of esters is 1. The molecule has 0 radical (unpaired) electrons. The molecule has 1 heterocycles. The molecule has 2 aromatic rings. The van der Waals surface area contributed by atoms with Crippen molar-refractivity contribution in [2.75, 3.05) is 20.2 Å². The van der Waals surface area contributed by atoms with Gasteiger partial charge < -0.3 is 15.4 Å². The Morgan fingerprint density at radius 2 is 2.22 bits per heavy atom. The van der Waals surface area contributed by atoms with Crippen LogP contribution in [0, 0.1) is 6.92 Å². The van der Waals surface area contributed by atoms with Gasteiger partial charge in [0.2, 0.25) is 0 Å². The third-order valence-corrected chi connectivity index (χ3v) is 6.02. The zero-order valence-electron chi connectivity index (χ0n) is 16.2. The summed E-state index contributed by atoms with van der Waals surface area (Å²) in [5.74, 6) is 0.946. The predicted octanol–water partition coefficient (Wildman–Crippen LogP) is 3.19. The van der Waals surface area contributed by atoms with Gasteiger partial charge in [-0.2, -0.15) is 0 Å². The van der Waals surface area contributed by atoms with Crippen LogP contribution >= 0.6 is 11.3 Å². The van der Waals surface area contributed by atoms with Crippen LogP contribution in [0.1, 0.15) is 57.3 Å². The fourth-order valence-corrected chi connectivity index (χ4v) is 4.18. The highest BCUT2D eigenvalue weighted by Crippen LogP contribution is 2.34. The Balaban J connectivity index is 1.57. The number of ether oxygens (including phenoxy) is 1. The summed E-state index contributed by atoms with van der Waals surface area (Å²) in [6.45, 7) is 6.85. The molecule has 1 aromatic carbocycles. The Kier molecular flexibility index (Phi) is 6.11. The Morgan fingerprint density at radius 3 is 2.93 bits per heavy atom. The van der Waals surface area contributed by atoms with E-state index in [-0.39, 0.29) is 12.0 Å². The molecule has 0 aliphatic heterocycles. The molecule has 0 fully saturated rings. The number of nitrogens with one attached hydrogen (secondary N) is 2. The maximum absolute atomic E-state index is 12.0. The van der Waals surface area contributed by atoms with Gasteiger partial charge in [0.25, 0.3) is 0 Å². The molecule has 1 aliphatic rings. The normalized spacial score (nSPS) is 16.9. The molecule has 6 nitrogen and oxygen atoms in total. The third kappa shape index (κ3) is 4.30. The lowest BCUT2D eigenvalue weighted by Crippen LogP contribution is -2.42. The fraction of sp³-hybridized carbons (Fsp3) is 0.450. The van der Waals surface area contributed by atoms with E-state index in [2.05, 4.69) is 44.9 Å². The number of aliphatic imine (C=N–C) groups is 1. The summed E-state index contributed by atoms with van der Waals surface area (Å²) in [5.41, 5.74) is 3.56. The number of hydrogen-bond acceptors (Lipinski definition) is 5. The van der Waals surface area contributed by atoms with E-state index in [1.54, 1.807) is 14.0 Å². The number of benzene rings is 1. The quantitative estimate of drug-likeness (QED) is 0.453. The van der Waals surface area contributed by atoms with E-state index in [0.717, 1.165) is 23.9 Å². The van der Waals surface area contributed by atoms with Gasteiger partial charge in [0.1, 0.15) is 9.88 Å². The monoisotopic (exact) mass is 386 g/mol. The second-order valence-corrected chi connectivity index (χ2v) is 7.64. The third-order valence-electron chi connectivity index (χ3n) is 4.70. The van der Waals surface area contributed by atoms with E-state index < -0.39 is 0 Å². The zero-order valence-corrected chi connectivity index (χ0v) is 17.0. The van der Waals surface area contributed by atoms with Crippen LogP contribution in [0.2, 0.25) is 0 Å². The summed E-state index contributed by atoms with van der Waals surface area (Å²) in [6, 6.07) is 8.50. The zero-order chi connectivity index (χ0) is 19.4. The van der Waals surface area contributed by atoms with Crippen LogP contribution in [0.25, 0.3) is 0 Å². The molecule has 0 bridgehead atoms. The van der Waals surface area contributed by atoms with Gasteiger partial charge >= 0.3 is 5.97 Å². The van der Waals surface area contributed by atoms with E-state index in [0.29, 0.717) is 23.1 Å². The van der Waals surface area contributed by atoms with E-state index in [4.69, 9.17) is 4.74 Å². The van der Waals surface area contributed by atoms with Crippen LogP contribution in [0.3, 0.4) is 0 Å². The van der Waals surface area contributed by atoms with Crippen molar-refractivity contribution in [1.29, 1.82) is 0 Å². The maximum Gasteiger partial charge on any atom is 0.350 e. The molecule has 27 heavy (non-hydrogen) atoms. The topological polar surface area (TPSA) is 75.6 Å². The minimum Gasteiger partial charge on any atom is -0.462 e. The van der Waals surface area contributed by atoms with Crippen LogP contribution in [-0.2, 0) is 11.2 Å². The first-order valence-electron chi connectivity index (χ1n) is 9.22. The molecule has 2 unspecified atom stereocenters. The smallest absolute Gasteiger partial charge is 0.350 e. The average molecular weight is 387 g/mol. The number of aryl methyl sites for hydroxylation is 1. The van der Waals surface area contributed by atoms with Crippen LogP contribution in [0.4, 0.5) is 0 Å². The first-order valence-corrected chi connectivity index (χ1v) is 10.0. The molecular formula is C20H26N4O2S. The first-order chi connectivity index (χ1) is 13.0. The van der Waals surface area contributed by atoms with Gasteiger partial charge in [0.15, 0.2) is 5.96 Å². The van der Waals surface area contributed by atoms with Gasteiger partial charge in [-0.15, -0.1) is 11.3 Å². The Bertz CT molecular complexity index is 846. The lowest BCUT2D eigenvalue weighted by atomic mass is 9.78. The number of nitrogens with zero attached hydrogens (tertiary/aromatic N) is 2. The van der Waals surface area contributed by atoms with Crippen molar-refractivity contribution in [2.24, 2.45) is 4.99 Å². The number of fused-ring (bicyclic) bond motifs is 1. The lowest BCUT2D eigenvalue weighted by molar-refractivity contribution is 0.0531. The van der Waals surface area contributed by atoms with Crippen LogP contribution in [0.15, 0.2) is 29.3 Å². The van der Waals surface area contributed by atoms with E-state index >= 15 is 0 Å². The molecule has 3 rings (SSSR count). The van der Waals surface area contributed by atoms with Crippen molar-refractivity contribution in [3.8, 4) is 0 Å². The molecule has 0 spiro atoms. The summed E-state index contributed by atoms with van der Waals surface area (Å²) in [6.07, 6.45) is 1.10. The van der Waals surface area contributed by atoms with Crippen molar-refractivity contribution in [3.63, 3.8) is 0 Å². The molecule has 144 valence electrons. The van der Waals surface area contributed by atoms with Crippen molar-refractivity contribution >= 4 is 23.3 Å². The second-order valence-electron chi connectivity index (χ2n) is 6.61. The van der Waals surface area contributed by atoms with E-state index in [9.17, 15) is 4.79 Å². The fourth-order valence-electron chi connectivity index (χ4n) is 3.21. The van der Waals surface area contributed by atoms with Gasteiger partial charge in [-0.1, -0.05) is 24.3 Å². The number of carbonyl (C=O) groups is 1. The van der Waals surface area contributed by atoms with Crippen molar-refractivity contribution < 1.29 is 9.53 Å². The summed E-state index contributed by atoms with van der Waals surface area (Å²) in [5, 5.41) is 7.60. The van der Waals surface area contributed by atoms with Crippen molar-refractivity contribution in [1.82, 2.24) is 15.6 Å². The van der Waals surface area contributed by atoms with Gasteiger partial charge in [0, 0.05) is 19.5 Å². The number of carbonyl (C=O) groups excluding carboxylic acids is 1. The molecule has 2 atom stereocenters. The number of guanidine groups is 1. The summed E-state index contributed by atoms with van der Waals surface area (Å²) >= 11 is 1.37. The van der Waals surface area contributed by atoms with E-state index in [1.165, 1.54) is 22.5 Å². The van der Waals surface area contributed by atoms with Crippen molar-refractivity contribution in [3.05, 3.63) is 51.0 Å². The molecule has 7 heteroatoms. The van der Waals surface area contributed by atoms with Gasteiger partial charge in [-0.25, -0.2) is 9.78 Å². The molecule has 0 saturated carbocycles.